The van der Waals surface area contributed by atoms with Crippen LogP contribution in [0.2, 0.25) is 0 Å². The largest absolute Gasteiger partial charge is 0.478 e. The summed E-state index contributed by atoms with van der Waals surface area (Å²) < 4.78 is 1.69. The highest BCUT2D eigenvalue weighted by molar-refractivity contribution is 5.92. The van der Waals surface area contributed by atoms with Crippen LogP contribution in [0.15, 0.2) is 30.7 Å². The van der Waals surface area contributed by atoms with E-state index in [1.165, 1.54) is 18.5 Å². The molecule has 0 aliphatic carbocycles. The molecule has 0 radical (unpaired) electrons. The zero-order valence-electron chi connectivity index (χ0n) is 11.4. The van der Waals surface area contributed by atoms with Crippen LogP contribution in [0.5, 0.6) is 0 Å². The Hall–Kier alpha value is -2.90. The van der Waals surface area contributed by atoms with Crippen LogP contribution in [-0.2, 0) is 13.5 Å². The quantitative estimate of drug-likeness (QED) is 0.757. The molecule has 0 saturated heterocycles. The molecule has 0 atom stereocenters. The van der Waals surface area contributed by atoms with Crippen molar-refractivity contribution >= 4 is 17.7 Å². The van der Waals surface area contributed by atoms with E-state index in [-0.39, 0.29) is 5.56 Å². The van der Waals surface area contributed by atoms with E-state index in [1.54, 1.807) is 4.68 Å². The maximum atomic E-state index is 11.7. The maximum Gasteiger partial charge on any atom is 0.337 e. The van der Waals surface area contributed by atoms with E-state index in [2.05, 4.69) is 20.7 Å². The summed E-state index contributed by atoms with van der Waals surface area (Å²) in [6.45, 7) is 0.425. The highest BCUT2D eigenvalue weighted by atomic mass is 16.4. The molecule has 2 aromatic rings. The number of carboxylic acid groups (broad SMARTS) is 1. The highest BCUT2D eigenvalue weighted by Crippen LogP contribution is 2.08. The van der Waals surface area contributed by atoms with Gasteiger partial charge in [-0.25, -0.2) is 9.59 Å². The normalized spacial score (nSPS) is 10.1. The Labute approximate surface area is 120 Å². The van der Waals surface area contributed by atoms with Crippen LogP contribution < -0.4 is 10.6 Å². The standard InChI is InChI=1S/C13H15N5O3/c1-18-5-3-10(17-18)2-4-15-13(21)16-11-6-9(12(19)20)7-14-8-11/h3,5-8H,2,4H2,1H3,(H,19,20)(H2,15,16,21). The average molecular weight is 289 g/mol. The van der Waals surface area contributed by atoms with Gasteiger partial charge in [0.15, 0.2) is 0 Å². The Morgan fingerprint density at radius 3 is 2.86 bits per heavy atom. The lowest BCUT2D eigenvalue weighted by molar-refractivity contribution is 0.0696. The summed E-state index contributed by atoms with van der Waals surface area (Å²) in [6.07, 6.45) is 5.04. The fraction of sp³-hybridized carbons (Fsp3) is 0.231. The van der Waals surface area contributed by atoms with Gasteiger partial charge in [0.2, 0.25) is 0 Å². The van der Waals surface area contributed by atoms with Gasteiger partial charge in [0.1, 0.15) is 0 Å². The van der Waals surface area contributed by atoms with Crippen LogP contribution in [0.25, 0.3) is 0 Å². The Morgan fingerprint density at radius 1 is 1.38 bits per heavy atom. The second kappa shape index (κ2) is 6.51. The van der Waals surface area contributed by atoms with Crippen molar-refractivity contribution in [2.75, 3.05) is 11.9 Å². The summed E-state index contributed by atoms with van der Waals surface area (Å²) in [4.78, 5) is 26.2. The lowest BCUT2D eigenvalue weighted by atomic mass is 10.2. The number of carboxylic acids is 1. The third kappa shape index (κ3) is 4.30. The van der Waals surface area contributed by atoms with Gasteiger partial charge in [-0.3, -0.25) is 9.67 Å². The first-order chi connectivity index (χ1) is 10.0. The molecule has 2 amide bonds. The molecule has 2 heterocycles. The highest BCUT2D eigenvalue weighted by Gasteiger charge is 2.07. The first-order valence-corrected chi connectivity index (χ1v) is 6.26. The zero-order valence-corrected chi connectivity index (χ0v) is 11.4. The monoisotopic (exact) mass is 289 g/mol. The summed E-state index contributed by atoms with van der Waals surface area (Å²) in [7, 11) is 1.83. The van der Waals surface area contributed by atoms with E-state index in [0.717, 1.165) is 5.69 Å². The van der Waals surface area contributed by atoms with Gasteiger partial charge in [0, 0.05) is 32.4 Å². The maximum absolute atomic E-state index is 11.7. The van der Waals surface area contributed by atoms with Crippen molar-refractivity contribution in [3.63, 3.8) is 0 Å². The number of rotatable bonds is 5. The number of nitrogens with zero attached hydrogens (tertiary/aromatic N) is 3. The van der Waals surface area contributed by atoms with Crippen LogP contribution in [0.3, 0.4) is 0 Å². The van der Waals surface area contributed by atoms with Crippen molar-refractivity contribution in [3.8, 4) is 0 Å². The molecular formula is C13H15N5O3. The predicted molar refractivity (Wildman–Crippen MR) is 75.1 cm³/mol. The van der Waals surface area contributed by atoms with Gasteiger partial charge in [0.05, 0.1) is 23.1 Å². The minimum atomic E-state index is -1.10. The topological polar surface area (TPSA) is 109 Å². The van der Waals surface area contributed by atoms with Crippen molar-refractivity contribution in [1.29, 1.82) is 0 Å². The van der Waals surface area contributed by atoms with E-state index >= 15 is 0 Å². The summed E-state index contributed by atoms with van der Waals surface area (Å²) in [5, 5.41) is 18.2. The Morgan fingerprint density at radius 2 is 2.19 bits per heavy atom. The number of anilines is 1. The summed E-state index contributed by atoms with van der Waals surface area (Å²) in [5.41, 5.74) is 1.22. The Balaban J connectivity index is 1.81. The molecule has 2 aromatic heterocycles. The van der Waals surface area contributed by atoms with Crippen LogP contribution in [-0.4, -0.2) is 38.4 Å². The van der Waals surface area contributed by atoms with Crippen LogP contribution in [0, 0.1) is 0 Å². The molecular weight excluding hydrogens is 274 g/mol. The van der Waals surface area contributed by atoms with E-state index in [0.29, 0.717) is 18.7 Å². The molecule has 8 nitrogen and oxygen atoms in total. The predicted octanol–water partition coefficient (Wildman–Crippen LogP) is 0.877. The van der Waals surface area contributed by atoms with Crippen molar-refractivity contribution in [3.05, 3.63) is 42.0 Å². The number of pyridine rings is 1. The Kier molecular flexibility index (Phi) is 4.50. The zero-order chi connectivity index (χ0) is 15.2. The average Bonchev–Trinajstić information content (AvgIpc) is 2.84. The molecule has 0 aliphatic rings. The van der Waals surface area contributed by atoms with Crippen LogP contribution in [0.4, 0.5) is 10.5 Å². The first kappa shape index (κ1) is 14.5. The molecule has 0 fully saturated rings. The van der Waals surface area contributed by atoms with Crippen LogP contribution in [0.1, 0.15) is 16.1 Å². The second-order valence-electron chi connectivity index (χ2n) is 4.38. The van der Waals surface area contributed by atoms with Crippen molar-refractivity contribution in [1.82, 2.24) is 20.1 Å². The molecule has 2 rings (SSSR count). The third-order valence-electron chi connectivity index (χ3n) is 2.68. The fourth-order valence-corrected chi connectivity index (χ4v) is 1.70. The molecule has 21 heavy (non-hydrogen) atoms. The number of aromatic carboxylic acids is 1. The summed E-state index contributed by atoms with van der Waals surface area (Å²) >= 11 is 0. The SMILES string of the molecule is Cn1ccc(CCNC(=O)Nc2cncc(C(=O)O)c2)n1. The van der Waals surface area contributed by atoms with E-state index in [4.69, 9.17) is 5.11 Å². The molecule has 110 valence electrons. The molecule has 0 unspecified atom stereocenters. The van der Waals surface area contributed by atoms with E-state index < -0.39 is 12.0 Å². The van der Waals surface area contributed by atoms with E-state index in [1.807, 2.05) is 19.3 Å². The van der Waals surface area contributed by atoms with Gasteiger partial charge in [0.25, 0.3) is 0 Å². The number of amides is 2. The lowest BCUT2D eigenvalue weighted by Crippen LogP contribution is -2.30. The van der Waals surface area contributed by atoms with E-state index in [9.17, 15) is 9.59 Å². The van der Waals surface area contributed by atoms with Gasteiger partial charge in [-0.2, -0.15) is 5.10 Å². The number of urea groups is 1. The minimum absolute atomic E-state index is 0.0151. The number of hydrogen-bond acceptors (Lipinski definition) is 4. The summed E-state index contributed by atoms with van der Waals surface area (Å²) in [6, 6.07) is 2.79. The molecule has 0 aliphatic heterocycles. The number of carbonyl (C=O) groups excluding carboxylic acids is 1. The number of hydrogen-bond donors (Lipinski definition) is 3. The smallest absolute Gasteiger partial charge is 0.337 e. The van der Waals surface area contributed by atoms with Gasteiger partial charge in [-0.05, 0) is 12.1 Å². The Bertz CT molecular complexity index is 653. The number of aryl methyl sites for hydroxylation is 1. The fourth-order valence-electron chi connectivity index (χ4n) is 1.70. The van der Waals surface area contributed by atoms with Crippen molar-refractivity contribution in [2.45, 2.75) is 6.42 Å². The molecule has 8 heteroatoms. The molecule has 0 bridgehead atoms. The van der Waals surface area contributed by atoms with Gasteiger partial charge < -0.3 is 15.7 Å². The molecule has 3 N–H and O–H groups in total. The van der Waals surface area contributed by atoms with Crippen molar-refractivity contribution < 1.29 is 14.7 Å². The van der Waals surface area contributed by atoms with Gasteiger partial charge in [-0.15, -0.1) is 0 Å². The lowest BCUT2D eigenvalue weighted by Gasteiger charge is -2.07. The number of nitrogens with one attached hydrogen (secondary N) is 2. The molecule has 0 aromatic carbocycles. The molecule has 0 saturated carbocycles. The second-order valence-corrected chi connectivity index (χ2v) is 4.38. The van der Waals surface area contributed by atoms with Gasteiger partial charge >= 0.3 is 12.0 Å². The minimum Gasteiger partial charge on any atom is -0.478 e. The summed E-state index contributed by atoms with van der Waals surface area (Å²) in [5.74, 6) is -1.10. The number of carbonyl (C=O) groups is 2. The van der Waals surface area contributed by atoms with Crippen LogP contribution >= 0.6 is 0 Å². The van der Waals surface area contributed by atoms with Crippen molar-refractivity contribution in [2.24, 2.45) is 7.05 Å². The van der Waals surface area contributed by atoms with Gasteiger partial charge in [-0.1, -0.05) is 0 Å². The number of aromatic nitrogens is 3. The molecule has 0 spiro atoms. The first-order valence-electron chi connectivity index (χ1n) is 6.26. The third-order valence-corrected chi connectivity index (χ3v) is 2.68.